The predicted octanol–water partition coefficient (Wildman–Crippen LogP) is 2.85. The quantitative estimate of drug-likeness (QED) is 0.927. The molecule has 18 heavy (non-hydrogen) atoms. The van der Waals surface area contributed by atoms with Crippen molar-refractivity contribution in [3.05, 3.63) is 41.0 Å². The first kappa shape index (κ1) is 12.8. The van der Waals surface area contributed by atoms with Crippen molar-refractivity contribution in [2.75, 3.05) is 17.7 Å². The molecule has 96 valence electrons. The summed E-state index contributed by atoms with van der Waals surface area (Å²) in [5.74, 6) is 0.768. The van der Waals surface area contributed by atoms with Crippen LogP contribution in [0.2, 0.25) is 5.02 Å². The third-order valence-electron chi connectivity index (χ3n) is 3.11. The predicted molar refractivity (Wildman–Crippen MR) is 75.9 cm³/mol. The van der Waals surface area contributed by atoms with Gasteiger partial charge >= 0.3 is 0 Å². The molecule has 0 radical (unpaired) electrons. The molecule has 0 amide bonds. The zero-order valence-electron chi connectivity index (χ0n) is 10.8. The molecule has 2 rings (SSSR count). The van der Waals surface area contributed by atoms with Crippen LogP contribution >= 0.6 is 11.6 Å². The van der Waals surface area contributed by atoms with Crippen LogP contribution in [0.3, 0.4) is 0 Å². The zero-order chi connectivity index (χ0) is 13.3. The van der Waals surface area contributed by atoms with Crippen LogP contribution in [0.5, 0.6) is 0 Å². The van der Waals surface area contributed by atoms with Gasteiger partial charge in [-0.2, -0.15) is 5.10 Å². The summed E-state index contributed by atoms with van der Waals surface area (Å²) in [6.07, 6.45) is 1.80. The van der Waals surface area contributed by atoms with Crippen LogP contribution in [0.25, 0.3) is 0 Å². The molecular weight excluding hydrogens is 248 g/mol. The van der Waals surface area contributed by atoms with Gasteiger partial charge in [0.05, 0.1) is 11.7 Å². The van der Waals surface area contributed by atoms with Gasteiger partial charge in [0.1, 0.15) is 0 Å². The van der Waals surface area contributed by atoms with E-state index in [4.69, 9.17) is 17.3 Å². The number of halogens is 1. The van der Waals surface area contributed by atoms with Crippen molar-refractivity contribution < 1.29 is 0 Å². The van der Waals surface area contributed by atoms with Crippen LogP contribution in [0.15, 0.2) is 30.5 Å². The normalized spacial score (nSPS) is 12.4. The lowest BCUT2D eigenvalue weighted by Gasteiger charge is -2.26. The van der Waals surface area contributed by atoms with Crippen LogP contribution in [-0.2, 0) is 7.05 Å². The van der Waals surface area contributed by atoms with Gasteiger partial charge in [-0.3, -0.25) is 4.68 Å². The van der Waals surface area contributed by atoms with Gasteiger partial charge in [0.2, 0.25) is 0 Å². The molecule has 0 spiro atoms. The minimum Gasteiger partial charge on any atom is -0.394 e. The highest BCUT2D eigenvalue weighted by molar-refractivity contribution is 6.31. The van der Waals surface area contributed by atoms with Crippen molar-refractivity contribution in [2.45, 2.75) is 13.0 Å². The fourth-order valence-electron chi connectivity index (χ4n) is 1.98. The number of aryl methyl sites for hydroxylation is 1. The molecule has 2 aromatic rings. The van der Waals surface area contributed by atoms with Crippen molar-refractivity contribution in [3.63, 3.8) is 0 Å². The van der Waals surface area contributed by atoms with E-state index in [9.17, 15) is 0 Å². The average Bonchev–Trinajstić information content (AvgIpc) is 2.67. The highest BCUT2D eigenvalue weighted by atomic mass is 35.5. The number of anilines is 2. The lowest BCUT2D eigenvalue weighted by Crippen LogP contribution is -2.23. The van der Waals surface area contributed by atoms with Crippen molar-refractivity contribution in [1.29, 1.82) is 0 Å². The molecule has 1 heterocycles. The number of nitrogens with two attached hydrogens (primary N) is 1. The summed E-state index contributed by atoms with van der Waals surface area (Å²) in [6, 6.07) is 7.92. The monoisotopic (exact) mass is 264 g/mol. The molecule has 1 unspecified atom stereocenters. The highest BCUT2D eigenvalue weighted by Crippen LogP contribution is 2.31. The smallest absolute Gasteiger partial charge is 0.174 e. The Kier molecular flexibility index (Phi) is 3.48. The summed E-state index contributed by atoms with van der Waals surface area (Å²) in [7, 11) is 3.82. The van der Waals surface area contributed by atoms with Gasteiger partial charge in [0.25, 0.3) is 0 Å². The van der Waals surface area contributed by atoms with E-state index < -0.39 is 0 Å². The Bertz CT molecular complexity index is 550. The van der Waals surface area contributed by atoms with Gasteiger partial charge in [-0.05, 0) is 18.6 Å². The Morgan fingerprint density at radius 2 is 2.06 bits per heavy atom. The van der Waals surface area contributed by atoms with E-state index in [1.54, 1.807) is 10.9 Å². The molecule has 0 aliphatic heterocycles. The Balaban J connectivity index is 2.32. The average molecular weight is 265 g/mol. The fourth-order valence-corrected chi connectivity index (χ4v) is 2.27. The largest absolute Gasteiger partial charge is 0.394 e. The number of aromatic nitrogens is 2. The van der Waals surface area contributed by atoms with Crippen LogP contribution in [-0.4, -0.2) is 16.8 Å². The molecule has 1 atom stereocenters. The molecule has 4 nitrogen and oxygen atoms in total. The van der Waals surface area contributed by atoms with Gasteiger partial charge in [0.15, 0.2) is 5.82 Å². The van der Waals surface area contributed by atoms with E-state index in [-0.39, 0.29) is 6.04 Å². The first-order chi connectivity index (χ1) is 8.50. The van der Waals surface area contributed by atoms with Gasteiger partial charge in [-0.25, -0.2) is 0 Å². The molecule has 0 fully saturated rings. The van der Waals surface area contributed by atoms with Gasteiger partial charge in [0, 0.05) is 25.3 Å². The number of rotatable bonds is 3. The van der Waals surface area contributed by atoms with Crippen molar-refractivity contribution >= 4 is 23.1 Å². The zero-order valence-corrected chi connectivity index (χ0v) is 11.5. The van der Waals surface area contributed by atoms with Crippen LogP contribution in [0.1, 0.15) is 18.5 Å². The Morgan fingerprint density at radius 3 is 2.61 bits per heavy atom. The number of nitrogens with zero attached hydrogens (tertiary/aromatic N) is 3. The minimum absolute atomic E-state index is 0.107. The van der Waals surface area contributed by atoms with Crippen molar-refractivity contribution in [3.8, 4) is 0 Å². The molecule has 0 saturated carbocycles. The second-order valence-electron chi connectivity index (χ2n) is 4.39. The van der Waals surface area contributed by atoms with Gasteiger partial charge in [-0.1, -0.05) is 29.8 Å². The third-order valence-corrected chi connectivity index (χ3v) is 3.45. The summed E-state index contributed by atoms with van der Waals surface area (Å²) in [5, 5.41) is 5.12. The molecular formula is C13H17ClN4. The first-order valence-electron chi connectivity index (χ1n) is 5.77. The second kappa shape index (κ2) is 4.90. The summed E-state index contributed by atoms with van der Waals surface area (Å²) >= 11 is 6.21. The maximum atomic E-state index is 6.21. The highest BCUT2D eigenvalue weighted by Gasteiger charge is 2.18. The van der Waals surface area contributed by atoms with Gasteiger partial charge in [-0.15, -0.1) is 0 Å². The molecule has 1 aromatic carbocycles. The SMILES string of the molecule is CC(c1ccccc1Cl)N(C)c1nn(C)cc1N. The Hall–Kier alpha value is -1.68. The summed E-state index contributed by atoms with van der Waals surface area (Å²) < 4.78 is 1.71. The molecule has 0 saturated heterocycles. The molecule has 0 aliphatic rings. The van der Waals surface area contributed by atoms with E-state index >= 15 is 0 Å². The van der Waals surface area contributed by atoms with E-state index in [1.807, 2.05) is 43.3 Å². The summed E-state index contributed by atoms with van der Waals surface area (Å²) in [4.78, 5) is 2.02. The summed E-state index contributed by atoms with van der Waals surface area (Å²) in [6.45, 7) is 2.08. The maximum absolute atomic E-state index is 6.21. The number of benzene rings is 1. The molecule has 2 N–H and O–H groups in total. The fraction of sp³-hybridized carbons (Fsp3) is 0.308. The third kappa shape index (κ3) is 2.29. The first-order valence-corrected chi connectivity index (χ1v) is 6.15. The summed E-state index contributed by atoms with van der Waals surface area (Å²) in [5.41, 5.74) is 7.67. The molecule has 0 bridgehead atoms. The van der Waals surface area contributed by atoms with E-state index in [0.717, 1.165) is 16.4 Å². The van der Waals surface area contributed by atoms with E-state index in [0.29, 0.717) is 5.69 Å². The Morgan fingerprint density at radius 1 is 1.39 bits per heavy atom. The minimum atomic E-state index is 0.107. The van der Waals surface area contributed by atoms with E-state index in [2.05, 4.69) is 12.0 Å². The van der Waals surface area contributed by atoms with Crippen molar-refractivity contribution in [2.24, 2.45) is 7.05 Å². The van der Waals surface area contributed by atoms with Crippen molar-refractivity contribution in [1.82, 2.24) is 9.78 Å². The Labute approximate surface area is 112 Å². The topological polar surface area (TPSA) is 47.1 Å². The van der Waals surface area contributed by atoms with Gasteiger partial charge < -0.3 is 10.6 Å². The van der Waals surface area contributed by atoms with Crippen LogP contribution < -0.4 is 10.6 Å². The molecule has 1 aromatic heterocycles. The molecule has 5 heteroatoms. The van der Waals surface area contributed by atoms with Crippen LogP contribution in [0, 0.1) is 0 Å². The number of hydrogen-bond acceptors (Lipinski definition) is 3. The van der Waals surface area contributed by atoms with Crippen LogP contribution in [0.4, 0.5) is 11.5 Å². The maximum Gasteiger partial charge on any atom is 0.174 e. The second-order valence-corrected chi connectivity index (χ2v) is 4.80. The standard InChI is InChI=1S/C13H17ClN4/c1-9(10-6-4-5-7-11(10)14)18(3)13-12(15)8-17(2)16-13/h4-9H,15H2,1-3H3. The van der Waals surface area contributed by atoms with E-state index in [1.165, 1.54) is 0 Å². The number of nitrogen functional groups attached to an aromatic ring is 1. The molecule has 0 aliphatic carbocycles. The number of hydrogen-bond donors (Lipinski definition) is 1. The lowest BCUT2D eigenvalue weighted by molar-refractivity contribution is 0.700. The lowest BCUT2D eigenvalue weighted by atomic mass is 10.1.